The molecule has 0 spiro atoms. The van der Waals surface area contributed by atoms with Gasteiger partial charge in [-0.1, -0.05) is 19.1 Å². The van der Waals surface area contributed by atoms with Crippen LogP contribution in [0.25, 0.3) is 0 Å². The standard InChI is InChI=1S/C21H25N3O3/c1-4-11-27-21-17(8-5-13(2)22-21)20(26)23-14(3)15-6-9-18-16(12-15)7-10-19(25)24-18/h5-6,8-9,12,14H,4,7,10-11H2,1-3H3,(H,23,26)(H,24,25)/t14-/m0/s1. The molecule has 0 unspecified atom stereocenters. The van der Waals surface area contributed by atoms with Crippen molar-refractivity contribution >= 4 is 17.5 Å². The van der Waals surface area contributed by atoms with Crippen molar-refractivity contribution in [3.05, 3.63) is 52.7 Å². The number of pyridine rings is 1. The molecule has 1 aliphatic heterocycles. The number of hydrogen-bond acceptors (Lipinski definition) is 4. The lowest BCUT2D eigenvalue weighted by atomic mass is 9.97. The number of fused-ring (bicyclic) bond motifs is 1. The molecule has 0 saturated heterocycles. The molecule has 1 aromatic carbocycles. The molecule has 0 radical (unpaired) electrons. The molecule has 0 saturated carbocycles. The van der Waals surface area contributed by atoms with Crippen LogP contribution in [-0.4, -0.2) is 23.4 Å². The molecule has 2 heterocycles. The Bertz CT molecular complexity index is 864. The largest absolute Gasteiger partial charge is 0.477 e. The molecule has 2 amide bonds. The van der Waals surface area contributed by atoms with E-state index in [0.717, 1.165) is 28.9 Å². The number of carbonyl (C=O) groups is 2. The normalized spacial score (nSPS) is 14.1. The van der Waals surface area contributed by atoms with E-state index in [2.05, 4.69) is 15.6 Å². The summed E-state index contributed by atoms with van der Waals surface area (Å²) in [5.41, 5.74) is 4.19. The van der Waals surface area contributed by atoms with Crippen molar-refractivity contribution in [3.8, 4) is 5.88 Å². The summed E-state index contributed by atoms with van der Waals surface area (Å²) in [6, 6.07) is 9.24. The fraction of sp³-hybridized carbons (Fsp3) is 0.381. The number of aromatic nitrogens is 1. The van der Waals surface area contributed by atoms with Crippen LogP contribution in [0.15, 0.2) is 30.3 Å². The zero-order valence-electron chi connectivity index (χ0n) is 16.0. The minimum absolute atomic E-state index is 0.0445. The van der Waals surface area contributed by atoms with Crippen molar-refractivity contribution in [3.63, 3.8) is 0 Å². The maximum Gasteiger partial charge on any atom is 0.257 e. The lowest BCUT2D eigenvalue weighted by Crippen LogP contribution is -2.28. The van der Waals surface area contributed by atoms with Gasteiger partial charge in [0.05, 0.1) is 12.6 Å². The van der Waals surface area contributed by atoms with Crippen LogP contribution < -0.4 is 15.4 Å². The molecule has 1 aromatic heterocycles. The maximum absolute atomic E-state index is 12.8. The van der Waals surface area contributed by atoms with Crippen LogP contribution in [0.2, 0.25) is 0 Å². The number of hydrogen-bond donors (Lipinski definition) is 2. The number of nitrogens with one attached hydrogen (secondary N) is 2. The van der Waals surface area contributed by atoms with Crippen molar-refractivity contribution in [2.75, 3.05) is 11.9 Å². The van der Waals surface area contributed by atoms with Crippen LogP contribution in [0.1, 0.15) is 59.9 Å². The maximum atomic E-state index is 12.8. The van der Waals surface area contributed by atoms with Gasteiger partial charge in [0.2, 0.25) is 11.8 Å². The molecular formula is C21H25N3O3. The number of anilines is 1. The van der Waals surface area contributed by atoms with Crippen molar-refractivity contribution in [2.24, 2.45) is 0 Å². The summed E-state index contributed by atoms with van der Waals surface area (Å²) >= 11 is 0. The monoisotopic (exact) mass is 367 g/mol. The average Bonchev–Trinajstić information content (AvgIpc) is 2.65. The predicted molar refractivity (Wildman–Crippen MR) is 104 cm³/mol. The number of benzene rings is 1. The number of aryl methyl sites for hydroxylation is 2. The third-order valence-electron chi connectivity index (χ3n) is 4.56. The van der Waals surface area contributed by atoms with Gasteiger partial charge in [-0.2, -0.15) is 0 Å². The molecule has 2 N–H and O–H groups in total. The fourth-order valence-corrected chi connectivity index (χ4v) is 3.04. The van der Waals surface area contributed by atoms with Crippen LogP contribution in [0.3, 0.4) is 0 Å². The SMILES string of the molecule is CCCOc1nc(C)ccc1C(=O)N[C@@H](C)c1ccc2c(c1)CCC(=O)N2. The molecule has 27 heavy (non-hydrogen) atoms. The first-order valence-corrected chi connectivity index (χ1v) is 9.32. The van der Waals surface area contributed by atoms with E-state index in [9.17, 15) is 9.59 Å². The van der Waals surface area contributed by atoms with Gasteiger partial charge in [0.25, 0.3) is 5.91 Å². The molecule has 0 bridgehead atoms. The highest BCUT2D eigenvalue weighted by Gasteiger charge is 2.19. The van der Waals surface area contributed by atoms with Gasteiger partial charge in [-0.15, -0.1) is 0 Å². The second-order valence-corrected chi connectivity index (χ2v) is 6.81. The molecule has 3 rings (SSSR count). The fourth-order valence-electron chi connectivity index (χ4n) is 3.04. The molecule has 0 fully saturated rings. The summed E-state index contributed by atoms with van der Waals surface area (Å²) in [4.78, 5) is 28.6. The summed E-state index contributed by atoms with van der Waals surface area (Å²) < 4.78 is 5.65. The Morgan fingerprint density at radius 3 is 2.89 bits per heavy atom. The molecule has 6 heteroatoms. The highest BCUT2D eigenvalue weighted by molar-refractivity contribution is 5.96. The van der Waals surface area contributed by atoms with E-state index in [4.69, 9.17) is 4.74 Å². The van der Waals surface area contributed by atoms with Crippen molar-refractivity contribution in [1.82, 2.24) is 10.3 Å². The topological polar surface area (TPSA) is 80.3 Å². The second kappa shape index (κ2) is 8.20. The van der Waals surface area contributed by atoms with Crippen LogP contribution in [0, 0.1) is 6.92 Å². The molecule has 1 atom stereocenters. The lowest BCUT2D eigenvalue weighted by molar-refractivity contribution is -0.116. The van der Waals surface area contributed by atoms with E-state index >= 15 is 0 Å². The zero-order chi connectivity index (χ0) is 19.4. The number of ether oxygens (including phenoxy) is 1. The van der Waals surface area contributed by atoms with Gasteiger partial charge in [-0.25, -0.2) is 4.98 Å². The van der Waals surface area contributed by atoms with Gasteiger partial charge in [0.15, 0.2) is 0 Å². The number of carbonyl (C=O) groups excluding carboxylic acids is 2. The highest BCUT2D eigenvalue weighted by atomic mass is 16.5. The van der Waals surface area contributed by atoms with Gasteiger partial charge >= 0.3 is 0 Å². The summed E-state index contributed by atoms with van der Waals surface area (Å²) in [5, 5.41) is 5.89. The van der Waals surface area contributed by atoms with Crippen molar-refractivity contribution in [2.45, 2.75) is 46.1 Å². The van der Waals surface area contributed by atoms with Gasteiger partial charge in [0.1, 0.15) is 5.56 Å². The Labute approximate surface area is 159 Å². The van der Waals surface area contributed by atoms with E-state index in [1.165, 1.54) is 0 Å². The number of rotatable bonds is 6. The second-order valence-electron chi connectivity index (χ2n) is 6.81. The molecule has 2 aromatic rings. The third-order valence-corrected chi connectivity index (χ3v) is 4.56. The van der Waals surface area contributed by atoms with Gasteiger partial charge < -0.3 is 15.4 Å². The smallest absolute Gasteiger partial charge is 0.257 e. The van der Waals surface area contributed by atoms with Crippen LogP contribution in [-0.2, 0) is 11.2 Å². The highest BCUT2D eigenvalue weighted by Crippen LogP contribution is 2.26. The Hall–Kier alpha value is -2.89. The van der Waals surface area contributed by atoms with Crippen LogP contribution in [0.5, 0.6) is 5.88 Å². The minimum Gasteiger partial charge on any atom is -0.477 e. The summed E-state index contributed by atoms with van der Waals surface area (Å²) in [6.45, 7) is 6.34. The van der Waals surface area contributed by atoms with Crippen LogP contribution in [0.4, 0.5) is 5.69 Å². The van der Waals surface area contributed by atoms with E-state index in [-0.39, 0.29) is 17.9 Å². The van der Waals surface area contributed by atoms with Gasteiger partial charge in [0, 0.05) is 17.8 Å². The molecular weight excluding hydrogens is 342 g/mol. The van der Waals surface area contributed by atoms with E-state index in [0.29, 0.717) is 30.9 Å². The first-order chi connectivity index (χ1) is 13.0. The van der Waals surface area contributed by atoms with Crippen molar-refractivity contribution < 1.29 is 14.3 Å². The van der Waals surface area contributed by atoms with Crippen molar-refractivity contribution in [1.29, 1.82) is 0 Å². The summed E-state index contributed by atoms with van der Waals surface area (Å²) in [6.07, 6.45) is 2.05. The summed E-state index contributed by atoms with van der Waals surface area (Å²) in [7, 11) is 0. The third kappa shape index (κ3) is 4.45. The Morgan fingerprint density at radius 2 is 2.11 bits per heavy atom. The minimum atomic E-state index is -0.216. The van der Waals surface area contributed by atoms with E-state index in [1.807, 2.05) is 39.0 Å². The average molecular weight is 367 g/mol. The lowest BCUT2D eigenvalue weighted by Gasteiger charge is -2.21. The summed E-state index contributed by atoms with van der Waals surface area (Å²) in [5.74, 6) is 0.199. The quantitative estimate of drug-likeness (QED) is 0.818. The molecule has 0 aliphatic carbocycles. The molecule has 6 nitrogen and oxygen atoms in total. The zero-order valence-corrected chi connectivity index (χ0v) is 16.0. The Kier molecular flexibility index (Phi) is 5.74. The van der Waals surface area contributed by atoms with Crippen LogP contribution >= 0.6 is 0 Å². The van der Waals surface area contributed by atoms with E-state index < -0.39 is 0 Å². The Balaban J connectivity index is 1.75. The Morgan fingerprint density at radius 1 is 1.30 bits per heavy atom. The first kappa shape index (κ1) is 18.9. The predicted octanol–water partition coefficient (Wildman–Crippen LogP) is 3.55. The van der Waals surface area contributed by atoms with Gasteiger partial charge in [-0.05, 0) is 56.0 Å². The molecule has 142 valence electrons. The van der Waals surface area contributed by atoms with E-state index in [1.54, 1.807) is 12.1 Å². The molecule has 1 aliphatic rings. The first-order valence-electron chi connectivity index (χ1n) is 9.32. The number of amides is 2. The number of nitrogens with zero attached hydrogens (tertiary/aromatic N) is 1. The van der Waals surface area contributed by atoms with Gasteiger partial charge in [-0.3, -0.25) is 9.59 Å².